The number of aromatic hydroxyl groups is 1. The monoisotopic (exact) mass is 843 g/mol. The number of esters is 1. The van der Waals surface area contributed by atoms with E-state index in [0.717, 1.165) is 66.9 Å². The molecule has 288 valence electrons. The van der Waals surface area contributed by atoms with Crippen LogP contribution in [0.5, 0.6) is 34.5 Å². The normalized spacial score (nSPS) is 17.4. The number of carbonyl (C=O) groups excluding carboxylic acids is 2. The molecule has 2 aliphatic rings. The summed E-state index contributed by atoms with van der Waals surface area (Å²) in [4.78, 5) is 31.1. The third-order valence-electron chi connectivity index (χ3n) is 10.5. The SMILES string of the molecule is COc1ccc(CC[C@H](OC(=O)[C@H]2CCCCN2C(=O)[C@H](c2cc(OC)c(OC)c(OCCCI)c2)C2CCCCC2)c2cccc(O)c2)cc1OC. The first kappa shape index (κ1) is 40.3. The Morgan fingerprint density at radius 1 is 0.811 bits per heavy atom. The highest BCUT2D eigenvalue weighted by molar-refractivity contribution is 14.1. The number of phenolic OH excluding ortho intramolecular Hbond substituents is 1. The number of alkyl halides is 1. The van der Waals surface area contributed by atoms with Gasteiger partial charge in [-0.3, -0.25) is 4.79 Å². The van der Waals surface area contributed by atoms with Crippen molar-refractivity contribution in [2.45, 2.75) is 88.7 Å². The maximum atomic E-state index is 15.0. The molecule has 1 aliphatic heterocycles. The molecule has 1 aliphatic carbocycles. The van der Waals surface area contributed by atoms with Crippen molar-refractivity contribution in [2.24, 2.45) is 5.92 Å². The predicted octanol–water partition coefficient (Wildman–Crippen LogP) is 8.59. The maximum Gasteiger partial charge on any atom is 0.329 e. The minimum Gasteiger partial charge on any atom is -0.508 e. The van der Waals surface area contributed by atoms with Gasteiger partial charge in [-0.2, -0.15) is 0 Å². The first-order valence-corrected chi connectivity index (χ1v) is 20.3. The van der Waals surface area contributed by atoms with E-state index in [1.807, 2.05) is 36.4 Å². The van der Waals surface area contributed by atoms with Crippen LogP contribution >= 0.6 is 22.6 Å². The molecule has 0 bridgehead atoms. The lowest BCUT2D eigenvalue weighted by Gasteiger charge is -2.40. The highest BCUT2D eigenvalue weighted by atomic mass is 127. The molecule has 5 rings (SSSR count). The number of amides is 1. The molecule has 1 saturated carbocycles. The van der Waals surface area contributed by atoms with Gasteiger partial charge in [0.2, 0.25) is 11.7 Å². The van der Waals surface area contributed by atoms with Gasteiger partial charge in [0.25, 0.3) is 0 Å². The van der Waals surface area contributed by atoms with E-state index in [-0.39, 0.29) is 17.6 Å². The van der Waals surface area contributed by atoms with Crippen molar-refractivity contribution < 1.29 is 43.1 Å². The number of benzene rings is 3. The molecule has 11 heteroatoms. The van der Waals surface area contributed by atoms with Crippen molar-refractivity contribution in [3.8, 4) is 34.5 Å². The Balaban J connectivity index is 1.44. The molecule has 0 unspecified atom stereocenters. The number of hydrogen-bond donors (Lipinski definition) is 1. The van der Waals surface area contributed by atoms with Gasteiger partial charge in [0, 0.05) is 11.0 Å². The van der Waals surface area contributed by atoms with E-state index in [4.69, 9.17) is 28.4 Å². The quantitative estimate of drug-likeness (QED) is 0.0618. The lowest BCUT2D eigenvalue weighted by molar-refractivity contribution is -0.163. The Morgan fingerprint density at radius 2 is 1.55 bits per heavy atom. The lowest BCUT2D eigenvalue weighted by Crippen LogP contribution is -2.51. The third-order valence-corrected chi connectivity index (χ3v) is 11.2. The molecule has 0 aromatic heterocycles. The second-order valence-electron chi connectivity index (χ2n) is 13.8. The number of phenols is 1. The van der Waals surface area contributed by atoms with Crippen molar-refractivity contribution in [1.29, 1.82) is 0 Å². The Morgan fingerprint density at radius 3 is 2.25 bits per heavy atom. The molecule has 2 fully saturated rings. The van der Waals surface area contributed by atoms with Gasteiger partial charge in [-0.1, -0.05) is 60.1 Å². The summed E-state index contributed by atoms with van der Waals surface area (Å²) < 4.78 is 35.9. The summed E-state index contributed by atoms with van der Waals surface area (Å²) in [6.07, 6.45) is 8.49. The molecule has 1 saturated heterocycles. The smallest absolute Gasteiger partial charge is 0.329 e. The number of piperidine rings is 1. The van der Waals surface area contributed by atoms with Crippen LogP contribution in [0.4, 0.5) is 0 Å². The van der Waals surface area contributed by atoms with E-state index in [2.05, 4.69) is 22.6 Å². The molecular weight excluding hydrogens is 789 g/mol. The molecule has 0 spiro atoms. The average Bonchev–Trinajstić information content (AvgIpc) is 3.19. The van der Waals surface area contributed by atoms with E-state index in [1.54, 1.807) is 51.5 Å². The van der Waals surface area contributed by atoms with Gasteiger partial charge < -0.3 is 38.4 Å². The number of halogens is 1. The van der Waals surface area contributed by atoms with Crippen molar-refractivity contribution in [3.63, 3.8) is 0 Å². The third kappa shape index (κ3) is 10.2. The summed E-state index contributed by atoms with van der Waals surface area (Å²) in [7, 11) is 6.38. The fourth-order valence-corrected chi connectivity index (χ4v) is 8.06. The van der Waals surface area contributed by atoms with Crippen molar-refractivity contribution in [1.82, 2.24) is 4.90 Å². The van der Waals surface area contributed by atoms with Crippen LogP contribution in [0.25, 0.3) is 0 Å². The van der Waals surface area contributed by atoms with E-state index in [1.165, 1.54) is 0 Å². The van der Waals surface area contributed by atoms with E-state index in [9.17, 15) is 9.90 Å². The summed E-state index contributed by atoms with van der Waals surface area (Å²) in [5.41, 5.74) is 2.49. The number of ether oxygens (including phenoxy) is 6. The topological polar surface area (TPSA) is 113 Å². The second-order valence-corrected chi connectivity index (χ2v) is 14.9. The molecule has 10 nitrogen and oxygen atoms in total. The molecule has 1 N–H and O–H groups in total. The molecule has 53 heavy (non-hydrogen) atoms. The number of nitrogens with zero attached hydrogens (tertiary/aromatic N) is 1. The van der Waals surface area contributed by atoms with E-state index < -0.39 is 24.0 Å². The van der Waals surface area contributed by atoms with Gasteiger partial charge in [-0.25, -0.2) is 4.79 Å². The largest absolute Gasteiger partial charge is 0.508 e. The zero-order valence-electron chi connectivity index (χ0n) is 31.4. The summed E-state index contributed by atoms with van der Waals surface area (Å²) in [6, 6.07) is 15.7. The summed E-state index contributed by atoms with van der Waals surface area (Å²) in [5, 5.41) is 10.4. The molecular formula is C42H54INO9. The van der Waals surface area contributed by atoms with Crippen molar-refractivity contribution in [3.05, 3.63) is 71.3 Å². The molecule has 0 radical (unpaired) electrons. The number of hydrogen-bond acceptors (Lipinski definition) is 9. The molecule has 1 heterocycles. The number of carbonyl (C=O) groups is 2. The first-order valence-electron chi connectivity index (χ1n) is 18.8. The van der Waals surface area contributed by atoms with Gasteiger partial charge in [0.15, 0.2) is 23.0 Å². The fourth-order valence-electron chi connectivity index (χ4n) is 7.75. The van der Waals surface area contributed by atoms with Gasteiger partial charge in [-0.15, -0.1) is 0 Å². The van der Waals surface area contributed by atoms with E-state index >= 15 is 4.79 Å². The van der Waals surface area contributed by atoms with Crippen LogP contribution in [0.1, 0.15) is 92.9 Å². The number of aryl methyl sites for hydroxylation is 1. The molecule has 3 aromatic rings. The Kier molecular flexibility index (Phi) is 15.2. The Bertz CT molecular complexity index is 1660. The highest BCUT2D eigenvalue weighted by Crippen LogP contribution is 2.45. The standard InChI is InChI=1S/C42H54INO9/c1-48-35-20-18-28(24-36(35)49-2)17-19-34(30-14-10-15-32(45)25-30)53-42(47)33-16-8-9-22-44(33)41(46)39(29-12-6-5-7-13-29)31-26-37(50-3)40(51-4)38(27-31)52-23-11-21-43/h10,14-15,18,20,24-27,29,33-34,39,45H,5-9,11-13,16-17,19,21-23H2,1-4H3/t33-,34+,39+/m1/s1. The van der Waals surface area contributed by atoms with Crippen LogP contribution in [0, 0.1) is 5.92 Å². The van der Waals surface area contributed by atoms with Crippen LogP contribution < -0.4 is 23.7 Å². The molecule has 3 aromatic carbocycles. The van der Waals surface area contributed by atoms with Gasteiger partial charge in [-0.05, 0) is 110 Å². The first-order chi connectivity index (χ1) is 25.8. The average molecular weight is 844 g/mol. The zero-order valence-corrected chi connectivity index (χ0v) is 33.6. The van der Waals surface area contributed by atoms with Crippen LogP contribution in [-0.2, 0) is 20.7 Å². The number of rotatable bonds is 17. The summed E-state index contributed by atoms with van der Waals surface area (Å²) in [5.74, 6) is 2.04. The Hall–Kier alpha value is -3.87. The minimum absolute atomic E-state index is 0.0665. The predicted molar refractivity (Wildman–Crippen MR) is 212 cm³/mol. The molecule has 1 amide bonds. The maximum absolute atomic E-state index is 15.0. The van der Waals surface area contributed by atoms with Crippen molar-refractivity contribution >= 4 is 34.5 Å². The lowest BCUT2D eigenvalue weighted by atomic mass is 9.75. The van der Waals surface area contributed by atoms with Crippen LogP contribution in [0.15, 0.2) is 54.6 Å². The molecule has 3 atom stereocenters. The van der Waals surface area contributed by atoms with Crippen LogP contribution in [0.2, 0.25) is 0 Å². The van der Waals surface area contributed by atoms with Crippen molar-refractivity contribution in [2.75, 3.05) is 46.0 Å². The number of methoxy groups -OCH3 is 4. The zero-order chi connectivity index (χ0) is 37.7. The minimum atomic E-state index is -0.734. The highest BCUT2D eigenvalue weighted by Gasteiger charge is 2.41. The Labute approximate surface area is 327 Å². The van der Waals surface area contributed by atoms with Crippen LogP contribution in [0.3, 0.4) is 0 Å². The van der Waals surface area contributed by atoms with E-state index in [0.29, 0.717) is 66.7 Å². The van der Waals surface area contributed by atoms with Crippen LogP contribution in [-0.4, -0.2) is 73.9 Å². The fraction of sp³-hybridized carbons (Fsp3) is 0.524. The van der Waals surface area contributed by atoms with Gasteiger partial charge >= 0.3 is 5.97 Å². The summed E-state index contributed by atoms with van der Waals surface area (Å²) >= 11 is 2.33. The summed E-state index contributed by atoms with van der Waals surface area (Å²) in [6.45, 7) is 0.983. The van der Waals surface area contributed by atoms with Gasteiger partial charge in [0.05, 0.1) is 41.0 Å². The number of likely N-dealkylation sites (tertiary alicyclic amines) is 1. The second kappa shape index (κ2) is 20.0. The van der Waals surface area contributed by atoms with Gasteiger partial charge in [0.1, 0.15) is 17.9 Å².